The lowest BCUT2D eigenvalue weighted by Crippen LogP contribution is -2.17. The van der Waals surface area contributed by atoms with Gasteiger partial charge in [0.05, 0.1) is 5.56 Å². The molecule has 0 saturated carbocycles. The highest BCUT2D eigenvalue weighted by Gasteiger charge is 2.32. The topological polar surface area (TPSA) is 12.0 Å². The zero-order valence-corrected chi connectivity index (χ0v) is 14.0. The molecule has 2 aromatic rings. The second kappa shape index (κ2) is 6.94. The van der Waals surface area contributed by atoms with Crippen molar-refractivity contribution in [2.75, 3.05) is 0 Å². The van der Waals surface area contributed by atoms with Gasteiger partial charge >= 0.3 is 6.18 Å². The van der Waals surface area contributed by atoms with Gasteiger partial charge in [0.2, 0.25) is 0 Å². The van der Waals surface area contributed by atoms with Gasteiger partial charge in [0.1, 0.15) is 0 Å². The first-order valence-electron chi connectivity index (χ1n) is 6.17. The number of alkyl halides is 3. The molecule has 21 heavy (non-hydrogen) atoms. The van der Waals surface area contributed by atoms with E-state index in [1.807, 2.05) is 18.2 Å². The van der Waals surface area contributed by atoms with Crippen molar-refractivity contribution in [1.82, 2.24) is 5.32 Å². The molecule has 2 rings (SSSR count). The van der Waals surface area contributed by atoms with Crippen LogP contribution in [0.2, 0.25) is 0 Å². The van der Waals surface area contributed by atoms with Crippen LogP contribution in [0.15, 0.2) is 51.4 Å². The number of rotatable bonds is 4. The third kappa shape index (κ3) is 4.56. The fourth-order valence-electron chi connectivity index (χ4n) is 1.94. The van der Waals surface area contributed by atoms with Crippen molar-refractivity contribution in [3.63, 3.8) is 0 Å². The molecule has 0 radical (unpaired) electrons. The Kier molecular flexibility index (Phi) is 5.46. The van der Waals surface area contributed by atoms with Gasteiger partial charge in [-0.05, 0) is 61.2 Å². The quantitative estimate of drug-likeness (QED) is 0.683. The highest BCUT2D eigenvalue weighted by molar-refractivity contribution is 9.13. The highest BCUT2D eigenvalue weighted by Crippen LogP contribution is 2.31. The number of halogens is 5. The van der Waals surface area contributed by atoms with Gasteiger partial charge in [-0.15, -0.1) is 0 Å². The maximum Gasteiger partial charge on any atom is 0.416 e. The summed E-state index contributed by atoms with van der Waals surface area (Å²) < 4.78 is 40.4. The second-order valence-electron chi connectivity index (χ2n) is 4.51. The number of benzene rings is 2. The summed E-state index contributed by atoms with van der Waals surface area (Å²) in [5.41, 5.74) is 0.658. The largest absolute Gasteiger partial charge is 0.416 e. The Morgan fingerprint density at radius 3 is 2.29 bits per heavy atom. The predicted molar refractivity (Wildman–Crippen MR) is 83.8 cm³/mol. The van der Waals surface area contributed by atoms with Gasteiger partial charge in [0, 0.05) is 22.0 Å². The summed E-state index contributed by atoms with van der Waals surface area (Å²) in [6.07, 6.45) is -4.32. The molecule has 0 aliphatic rings. The molecule has 2 aromatic carbocycles. The molecule has 0 fully saturated rings. The Hall–Kier alpha value is -0.850. The van der Waals surface area contributed by atoms with E-state index in [9.17, 15) is 13.2 Å². The van der Waals surface area contributed by atoms with Crippen LogP contribution < -0.4 is 5.32 Å². The van der Waals surface area contributed by atoms with Gasteiger partial charge in [0.15, 0.2) is 0 Å². The summed E-state index contributed by atoms with van der Waals surface area (Å²) in [7, 11) is 0. The Bertz CT molecular complexity index is 627. The third-order valence-corrected chi connectivity index (χ3v) is 4.83. The summed E-state index contributed by atoms with van der Waals surface area (Å²) in [6.45, 7) is 0.668. The van der Waals surface area contributed by atoms with Crippen molar-refractivity contribution < 1.29 is 13.2 Å². The van der Waals surface area contributed by atoms with Gasteiger partial charge in [-0.1, -0.05) is 24.3 Å². The minimum absolute atomic E-state index is 0.170. The SMILES string of the molecule is FC(F)(F)c1ccccc1CNCc1ccc(Br)c(Br)c1. The van der Waals surface area contributed by atoms with Crippen molar-refractivity contribution in [2.45, 2.75) is 19.3 Å². The first-order chi connectivity index (χ1) is 9.88. The predicted octanol–water partition coefficient (Wildman–Crippen LogP) is 5.52. The molecule has 0 bridgehead atoms. The zero-order chi connectivity index (χ0) is 15.5. The molecule has 0 spiro atoms. The molecule has 0 unspecified atom stereocenters. The molecule has 0 atom stereocenters. The van der Waals surface area contributed by atoms with Crippen LogP contribution in [0.1, 0.15) is 16.7 Å². The average Bonchev–Trinajstić information content (AvgIpc) is 2.42. The smallest absolute Gasteiger partial charge is 0.309 e. The van der Waals surface area contributed by atoms with Gasteiger partial charge < -0.3 is 5.32 Å². The van der Waals surface area contributed by atoms with Crippen LogP contribution in [0.3, 0.4) is 0 Å². The standard InChI is InChI=1S/C15H12Br2F3N/c16-13-6-5-10(7-14(13)17)8-21-9-11-3-1-2-4-12(11)15(18,19)20/h1-7,21H,8-9H2. The van der Waals surface area contributed by atoms with E-state index in [1.165, 1.54) is 12.1 Å². The Morgan fingerprint density at radius 1 is 0.905 bits per heavy atom. The molecule has 0 amide bonds. The molecule has 6 heteroatoms. The normalized spacial score (nSPS) is 11.7. The van der Waals surface area contributed by atoms with E-state index in [1.54, 1.807) is 6.07 Å². The van der Waals surface area contributed by atoms with Crippen molar-refractivity contribution in [3.05, 3.63) is 68.1 Å². The number of hydrogen-bond donors (Lipinski definition) is 1. The molecule has 0 aliphatic heterocycles. The van der Waals surface area contributed by atoms with E-state index in [0.29, 0.717) is 6.54 Å². The van der Waals surface area contributed by atoms with Crippen molar-refractivity contribution >= 4 is 31.9 Å². The van der Waals surface area contributed by atoms with Gasteiger partial charge in [-0.2, -0.15) is 13.2 Å². The minimum atomic E-state index is -4.32. The molecule has 112 valence electrons. The Labute approximate surface area is 137 Å². The molecule has 0 aliphatic carbocycles. The summed E-state index contributed by atoms with van der Waals surface area (Å²) >= 11 is 6.77. The highest BCUT2D eigenvalue weighted by atomic mass is 79.9. The molecular formula is C15H12Br2F3N. The van der Waals surface area contributed by atoms with E-state index >= 15 is 0 Å². The zero-order valence-electron chi connectivity index (χ0n) is 10.8. The van der Waals surface area contributed by atoms with E-state index in [-0.39, 0.29) is 12.1 Å². The van der Waals surface area contributed by atoms with Crippen LogP contribution >= 0.6 is 31.9 Å². The fraction of sp³-hybridized carbons (Fsp3) is 0.200. The van der Waals surface area contributed by atoms with Crippen molar-refractivity contribution in [1.29, 1.82) is 0 Å². The first-order valence-corrected chi connectivity index (χ1v) is 7.76. The van der Waals surface area contributed by atoms with Crippen molar-refractivity contribution in [2.24, 2.45) is 0 Å². The Balaban J connectivity index is 2.02. The van der Waals surface area contributed by atoms with Crippen LogP contribution in [0.5, 0.6) is 0 Å². The van der Waals surface area contributed by atoms with E-state index in [4.69, 9.17) is 0 Å². The molecule has 0 saturated heterocycles. The second-order valence-corrected chi connectivity index (χ2v) is 6.22. The molecule has 1 nitrogen and oxygen atoms in total. The van der Waals surface area contributed by atoms with Gasteiger partial charge in [0.25, 0.3) is 0 Å². The molecular weight excluding hydrogens is 411 g/mol. The van der Waals surface area contributed by atoms with Crippen LogP contribution in [-0.4, -0.2) is 0 Å². The fourth-order valence-corrected chi connectivity index (χ4v) is 2.61. The van der Waals surface area contributed by atoms with Crippen LogP contribution in [0, 0.1) is 0 Å². The summed E-state index contributed by atoms with van der Waals surface area (Å²) in [5.74, 6) is 0. The molecule has 0 aromatic heterocycles. The van der Waals surface area contributed by atoms with Gasteiger partial charge in [-0.3, -0.25) is 0 Å². The first kappa shape index (κ1) is 16.5. The maximum atomic E-state index is 12.9. The lowest BCUT2D eigenvalue weighted by Gasteiger charge is -2.13. The lowest BCUT2D eigenvalue weighted by atomic mass is 10.1. The monoisotopic (exact) mass is 421 g/mol. The number of nitrogens with one attached hydrogen (secondary N) is 1. The Morgan fingerprint density at radius 2 is 1.62 bits per heavy atom. The minimum Gasteiger partial charge on any atom is -0.309 e. The van der Waals surface area contributed by atoms with Crippen molar-refractivity contribution in [3.8, 4) is 0 Å². The number of hydrogen-bond acceptors (Lipinski definition) is 1. The summed E-state index contributed by atoms with van der Waals surface area (Å²) in [6, 6.07) is 11.3. The van der Waals surface area contributed by atoms with Crippen LogP contribution in [0.25, 0.3) is 0 Å². The lowest BCUT2D eigenvalue weighted by molar-refractivity contribution is -0.138. The van der Waals surface area contributed by atoms with Gasteiger partial charge in [-0.25, -0.2) is 0 Å². The van der Waals surface area contributed by atoms with Crippen LogP contribution in [-0.2, 0) is 19.3 Å². The van der Waals surface area contributed by atoms with E-state index in [2.05, 4.69) is 37.2 Å². The van der Waals surface area contributed by atoms with E-state index in [0.717, 1.165) is 20.6 Å². The van der Waals surface area contributed by atoms with E-state index < -0.39 is 11.7 Å². The third-order valence-electron chi connectivity index (χ3n) is 2.95. The summed E-state index contributed by atoms with van der Waals surface area (Å²) in [4.78, 5) is 0. The van der Waals surface area contributed by atoms with Crippen LogP contribution in [0.4, 0.5) is 13.2 Å². The molecule has 1 N–H and O–H groups in total. The average molecular weight is 423 g/mol. The summed E-state index contributed by atoms with van der Waals surface area (Å²) in [5, 5.41) is 3.04. The maximum absolute atomic E-state index is 12.9. The molecule has 0 heterocycles.